The lowest BCUT2D eigenvalue weighted by Gasteiger charge is -2.14. The second kappa shape index (κ2) is 22.5. The summed E-state index contributed by atoms with van der Waals surface area (Å²) in [4.78, 5) is 18.6. The number of aromatic nitrogens is 3. The van der Waals surface area contributed by atoms with E-state index in [1.165, 1.54) is 12.1 Å². The summed E-state index contributed by atoms with van der Waals surface area (Å²) in [6.45, 7) is -0.877. The predicted octanol–water partition coefficient (Wildman–Crippen LogP) is 5.96. The molecule has 1 unspecified atom stereocenters. The molecule has 0 bridgehead atoms. The number of sulfone groups is 1. The van der Waals surface area contributed by atoms with Gasteiger partial charge in [-0.3, -0.25) is 27.6 Å². The predicted molar refractivity (Wildman–Crippen MR) is 273 cm³/mol. The number of fused-ring (bicyclic) bond motifs is 1. The Morgan fingerprint density at radius 1 is 0.645 bits per heavy atom. The number of azo groups is 2. The zero-order valence-electron chi connectivity index (χ0n) is 36.8. The maximum absolute atomic E-state index is 12.7. The van der Waals surface area contributed by atoms with Crippen molar-refractivity contribution in [3.05, 3.63) is 78.1 Å². The molecule has 0 aliphatic heterocycles. The van der Waals surface area contributed by atoms with Crippen molar-refractivity contribution in [3.8, 4) is 5.75 Å². The van der Waals surface area contributed by atoms with E-state index in [9.17, 15) is 78.6 Å². The minimum Gasteiger partial charge on any atom is -0.505 e. The lowest BCUT2D eigenvalue weighted by atomic mass is 10.1. The summed E-state index contributed by atoms with van der Waals surface area (Å²) in [7, 11) is -30.4. The van der Waals surface area contributed by atoms with Gasteiger partial charge in [-0.05, 0) is 89.8 Å². The highest BCUT2D eigenvalue weighted by molar-refractivity contribution is 9.12. The van der Waals surface area contributed by atoms with Gasteiger partial charge in [0.25, 0.3) is 40.5 Å². The van der Waals surface area contributed by atoms with Crippen molar-refractivity contribution < 1.29 is 87.4 Å². The van der Waals surface area contributed by atoms with Gasteiger partial charge in [0.05, 0.1) is 28.3 Å². The molecule has 0 spiro atoms. The Hall–Kier alpha value is -6.05. The molecule has 0 saturated carbocycles. The first kappa shape index (κ1) is 59.2. The van der Waals surface area contributed by atoms with Gasteiger partial charge in [0.2, 0.25) is 23.1 Å². The van der Waals surface area contributed by atoms with Crippen LogP contribution >= 0.6 is 43.5 Å². The summed E-state index contributed by atoms with van der Waals surface area (Å²) in [5.41, 5.74) is 1.30. The fourth-order valence-electron chi connectivity index (χ4n) is 6.21. The van der Waals surface area contributed by atoms with Crippen LogP contribution in [0.2, 0.25) is 5.28 Å². The molecule has 1 amide bonds. The van der Waals surface area contributed by atoms with E-state index in [0.29, 0.717) is 12.1 Å². The number of aromatic hydroxyl groups is 1. The topological polar surface area (TPSA) is 503 Å². The number of benzene rings is 5. The molecule has 31 nitrogen and oxygen atoms in total. The summed E-state index contributed by atoms with van der Waals surface area (Å²) in [6, 6.07) is 11.2. The molecule has 11 N–H and O–H groups in total. The molecule has 1 aromatic heterocycles. The minimum absolute atomic E-state index is 0.135. The van der Waals surface area contributed by atoms with Crippen LogP contribution in [0.15, 0.2) is 118 Å². The van der Waals surface area contributed by atoms with Crippen LogP contribution in [0.4, 0.5) is 57.4 Å². The molecule has 0 saturated heterocycles. The van der Waals surface area contributed by atoms with Crippen LogP contribution in [0.1, 0.15) is 0 Å². The summed E-state index contributed by atoms with van der Waals surface area (Å²) in [6.07, 6.45) is 0. The highest BCUT2D eigenvalue weighted by Crippen LogP contribution is 2.49. The SMILES string of the molecule is Nc1c(/N=N/c2ccc(NC(=O)C(Br)CBr)cc2S(=O)(=O)O)c(S(=O)(=O)O)cc2cc(S(=O)(=O)O)c(/N=N/c3cc(Nc4nc(Cl)nc(Nc5ccc(S(=O)(=O)CCOS(=O)(=O)O)cc5)n4)ccc3S(=O)(=O)O)c(O)c12. The third kappa shape index (κ3) is 14.7. The van der Waals surface area contributed by atoms with E-state index in [0.717, 1.165) is 48.5 Å². The van der Waals surface area contributed by atoms with Gasteiger partial charge >= 0.3 is 10.4 Å². The standard InChI is InChI=1S/C36H30Br2ClN11O20S6/c37-15-21(38)33(52)41-19-3-7-22(25(14-19)73(58,59)60)47-49-30-26(74(61,62)63)11-16-12-27(75(64,65)66)31(32(51)28(16)29(30)40)50-48-23-13-18(4-8-24(23)72(55,56)57)43-36-45-34(39)44-35(46-36)42-17-1-5-20(6-2-17)71(53,54)10-9-70-76(67,68)69/h1-8,11-14,21,51H,9-10,15,40H2,(H,41,52)(H,55,56,57)(H,58,59,60)(H,61,62,63)(H,64,65,66)(H,67,68,69)(H2,42,43,44,45,46)/b49-47+,50-48+. The molecule has 0 aliphatic carbocycles. The Bertz CT molecular complexity index is 4130. The smallest absolute Gasteiger partial charge is 0.397 e. The molecule has 76 heavy (non-hydrogen) atoms. The maximum Gasteiger partial charge on any atom is 0.397 e. The molecule has 0 fully saturated rings. The third-order valence-electron chi connectivity index (χ3n) is 9.47. The number of halogens is 3. The van der Waals surface area contributed by atoms with Gasteiger partial charge in [0.1, 0.15) is 47.2 Å². The van der Waals surface area contributed by atoms with Gasteiger partial charge in [-0.1, -0.05) is 31.9 Å². The van der Waals surface area contributed by atoms with Crippen LogP contribution in [0.25, 0.3) is 10.8 Å². The molecular weight excluding hydrogens is 1290 g/mol. The number of amides is 1. The van der Waals surface area contributed by atoms with Crippen LogP contribution in [-0.4, -0.2) is 122 Å². The van der Waals surface area contributed by atoms with Gasteiger partial charge in [-0.2, -0.15) is 57.0 Å². The van der Waals surface area contributed by atoms with Crippen LogP contribution < -0.4 is 21.7 Å². The average Bonchev–Trinajstić information content (AvgIpc) is 3.28. The average molecular weight is 1320 g/mol. The number of carbonyl (C=O) groups excluding carboxylic acids is 1. The lowest BCUT2D eigenvalue weighted by molar-refractivity contribution is -0.115. The van der Waals surface area contributed by atoms with Crippen molar-refractivity contribution in [3.63, 3.8) is 0 Å². The summed E-state index contributed by atoms with van der Waals surface area (Å²) in [5, 5.41) is 32.2. The van der Waals surface area contributed by atoms with Crippen molar-refractivity contribution in [2.45, 2.75) is 29.3 Å². The molecule has 1 atom stereocenters. The lowest BCUT2D eigenvalue weighted by Crippen LogP contribution is -2.23. The number of rotatable bonds is 20. The number of phenols is 1. The number of carbonyl (C=O) groups is 1. The molecule has 5 aromatic carbocycles. The number of nitrogen functional groups attached to an aromatic ring is 1. The van der Waals surface area contributed by atoms with Crippen molar-refractivity contribution in [1.82, 2.24) is 15.0 Å². The van der Waals surface area contributed by atoms with Crippen molar-refractivity contribution in [2.75, 3.05) is 39.4 Å². The molecule has 40 heteroatoms. The Labute approximate surface area is 450 Å². The fourth-order valence-corrected chi connectivity index (χ4v) is 10.8. The number of nitrogens with zero attached hydrogens (tertiary/aromatic N) is 7. The first-order valence-electron chi connectivity index (χ1n) is 19.6. The van der Waals surface area contributed by atoms with Gasteiger partial charge in [0.15, 0.2) is 15.6 Å². The highest BCUT2D eigenvalue weighted by Gasteiger charge is 2.29. The molecular formula is C36H30Br2ClN11O20S6. The van der Waals surface area contributed by atoms with E-state index < -0.39 is 154 Å². The van der Waals surface area contributed by atoms with Crippen molar-refractivity contribution >= 4 is 178 Å². The minimum atomic E-state index is -5.54. The first-order chi connectivity index (χ1) is 35.0. The molecule has 1 heterocycles. The van der Waals surface area contributed by atoms with E-state index in [2.05, 4.69) is 87.4 Å². The van der Waals surface area contributed by atoms with E-state index in [1.807, 2.05) is 0 Å². The van der Waals surface area contributed by atoms with Gasteiger partial charge in [-0.25, -0.2) is 12.6 Å². The number of hydrogen-bond donors (Lipinski definition) is 10. The Balaban J connectivity index is 1.39. The quantitative estimate of drug-likeness (QED) is 0.0182. The molecule has 0 aliphatic rings. The molecule has 406 valence electrons. The van der Waals surface area contributed by atoms with E-state index in [-0.39, 0.29) is 39.2 Å². The summed E-state index contributed by atoms with van der Waals surface area (Å²) < 4.78 is 200. The Kier molecular flexibility index (Phi) is 17.5. The molecule has 6 aromatic rings. The number of phenolic OH excluding ortho intramolecular Hbond substituents is 1. The van der Waals surface area contributed by atoms with Gasteiger partial charge < -0.3 is 26.8 Å². The first-order valence-corrected chi connectivity index (χ1v) is 30.8. The Morgan fingerprint density at radius 3 is 1.71 bits per heavy atom. The van der Waals surface area contributed by atoms with E-state index in [1.54, 1.807) is 0 Å². The number of alkyl halides is 2. The van der Waals surface area contributed by atoms with Crippen LogP contribution in [0.5, 0.6) is 5.75 Å². The van der Waals surface area contributed by atoms with E-state index in [4.69, 9.17) is 21.9 Å². The van der Waals surface area contributed by atoms with Crippen LogP contribution in [0, 0.1) is 0 Å². The zero-order valence-corrected chi connectivity index (χ0v) is 45.6. The van der Waals surface area contributed by atoms with Crippen molar-refractivity contribution in [2.24, 2.45) is 20.5 Å². The molecule has 6 rings (SSSR count). The van der Waals surface area contributed by atoms with Gasteiger partial charge in [0, 0.05) is 22.4 Å². The number of anilines is 6. The van der Waals surface area contributed by atoms with Crippen LogP contribution in [-0.2, 0) is 69.7 Å². The Morgan fingerprint density at radius 2 is 1.16 bits per heavy atom. The van der Waals surface area contributed by atoms with Crippen LogP contribution in [0.3, 0.4) is 0 Å². The second-order valence-electron chi connectivity index (χ2n) is 14.7. The normalized spacial score (nSPS) is 13.3. The number of nitrogens with one attached hydrogen (secondary N) is 3. The zero-order chi connectivity index (χ0) is 56.5. The summed E-state index contributed by atoms with van der Waals surface area (Å²) in [5.74, 6) is -3.46. The van der Waals surface area contributed by atoms with Crippen molar-refractivity contribution in [1.29, 1.82) is 0 Å². The monoisotopic (exact) mass is 1320 g/mol. The maximum atomic E-state index is 12.7. The fraction of sp³-hybridized carbons (Fsp3) is 0.111. The molecule has 0 radical (unpaired) electrons. The largest absolute Gasteiger partial charge is 0.505 e. The highest BCUT2D eigenvalue weighted by atomic mass is 79.9. The summed E-state index contributed by atoms with van der Waals surface area (Å²) >= 11 is 12.3. The second-order valence-corrected chi connectivity index (χ2v) is 25.5. The third-order valence-corrected chi connectivity index (χ3v) is 17.6. The number of hydrogen-bond acceptors (Lipinski definition) is 25. The van der Waals surface area contributed by atoms with E-state index >= 15 is 0 Å². The van der Waals surface area contributed by atoms with Gasteiger partial charge in [-0.15, -0.1) is 20.5 Å². The number of nitrogens with two attached hydrogens (primary N) is 1.